The Hall–Kier alpha value is -6.33. The van der Waals surface area contributed by atoms with Crippen LogP contribution in [0.25, 0.3) is 21.8 Å². The largest absolute Gasteiger partial charge is 0.394 e. The number of nitrogens with two attached hydrogens (primary N) is 4. The third kappa shape index (κ3) is 11.6. The number of guanidine groups is 1. The lowest BCUT2D eigenvalue weighted by atomic mass is 10.0. The highest BCUT2D eigenvalue weighted by Crippen LogP contribution is 2.34. The summed E-state index contributed by atoms with van der Waals surface area (Å²) < 4.78 is 0. The Morgan fingerprint density at radius 3 is 2.20 bits per heavy atom. The van der Waals surface area contributed by atoms with Crippen molar-refractivity contribution in [3.05, 3.63) is 77.9 Å². The van der Waals surface area contributed by atoms with Gasteiger partial charge in [0.25, 0.3) is 5.91 Å². The number of para-hydroxylation sites is 2. The molecule has 3 atom stereocenters. The molecular weight excluding hydrogens is 718 g/mol. The van der Waals surface area contributed by atoms with E-state index in [0.717, 1.165) is 16.6 Å². The number of hydrogen-bond donors (Lipinski definition) is 10. The molecule has 4 aromatic rings. The van der Waals surface area contributed by atoms with Crippen LogP contribution in [0.5, 0.6) is 0 Å². The Morgan fingerprint density at radius 1 is 0.821 bits per heavy atom. The van der Waals surface area contributed by atoms with Crippen LogP contribution >= 0.6 is 0 Å². The maximum atomic E-state index is 13.6. The quantitative estimate of drug-likeness (QED) is 0.0259. The van der Waals surface area contributed by atoms with Gasteiger partial charge in [-0.2, -0.15) is 0 Å². The number of aliphatic imine (C=N–C) groups is 1. The number of nitrogens with one attached hydrogen (secondary N) is 5. The van der Waals surface area contributed by atoms with Crippen LogP contribution in [-0.4, -0.2) is 83.4 Å². The Bertz CT molecular complexity index is 2050. The number of anilines is 2. The van der Waals surface area contributed by atoms with Gasteiger partial charge in [0.15, 0.2) is 5.96 Å². The van der Waals surface area contributed by atoms with E-state index >= 15 is 0 Å². The first kappa shape index (κ1) is 42.4. The highest BCUT2D eigenvalue weighted by atomic mass is 16.3. The van der Waals surface area contributed by atoms with Crippen molar-refractivity contribution in [2.24, 2.45) is 33.8 Å². The number of carbonyl (C=O) groups excluding carboxylic acids is 5. The number of primary amides is 1. The molecule has 1 heterocycles. The number of rotatable bonds is 20. The van der Waals surface area contributed by atoms with Gasteiger partial charge in [-0.1, -0.05) is 56.3 Å². The molecule has 0 spiro atoms. The number of benzene rings is 3. The first-order valence-electron chi connectivity index (χ1n) is 18.3. The summed E-state index contributed by atoms with van der Waals surface area (Å²) in [6.07, 6.45) is 1.21. The van der Waals surface area contributed by atoms with E-state index in [9.17, 15) is 29.1 Å². The van der Waals surface area contributed by atoms with Crippen molar-refractivity contribution in [3.8, 4) is 0 Å². The molecule has 3 aromatic carbocycles. The normalized spacial score (nSPS) is 12.7. The lowest BCUT2D eigenvalue weighted by molar-refractivity contribution is -0.133. The molecule has 5 amide bonds. The van der Waals surface area contributed by atoms with E-state index in [1.807, 2.05) is 54.6 Å². The molecule has 0 saturated heterocycles. The van der Waals surface area contributed by atoms with E-state index in [4.69, 9.17) is 27.9 Å². The number of hydrogen-bond acceptors (Lipinski definition) is 10. The summed E-state index contributed by atoms with van der Waals surface area (Å²) in [5.74, 6) is -3.08. The molecule has 56 heavy (non-hydrogen) atoms. The molecule has 298 valence electrons. The highest BCUT2D eigenvalue weighted by molar-refractivity contribution is 6.15. The fourth-order valence-corrected chi connectivity index (χ4v) is 5.92. The van der Waals surface area contributed by atoms with Crippen molar-refractivity contribution in [3.63, 3.8) is 0 Å². The average molecular weight is 770 g/mol. The number of nitrogens with zero attached hydrogens (tertiary/aromatic N) is 2. The van der Waals surface area contributed by atoms with Gasteiger partial charge in [-0.3, -0.25) is 29.0 Å². The van der Waals surface area contributed by atoms with Gasteiger partial charge in [0.05, 0.1) is 28.9 Å². The molecule has 17 heteroatoms. The van der Waals surface area contributed by atoms with E-state index in [2.05, 4.69) is 31.6 Å². The van der Waals surface area contributed by atoms with Gasteiger partial charge in [0, 0.05) is 36.0 Å². The number of carbonyl (C=O) groups is 5. The van der Waals surface area contributed by atoms with Gasteiger partial charge in [0.2, 0.25) is 23.6 Å². The summed E-state index contributed by atoms with van der Waals surface area (Å²) in [6.45, 7) is 3.68. The number of amides is 5. The molecule has 0 saturated carbocycles. The van der Waals surface area contributed by atoms with Crippen LogP contribution in [0.3, 0.4) is 0 Å². The Labute approximate surface area is 324 Å². The van der Waals surface area contributed by atoms with Crippen molar-refractivity contribution in [2.75, 3.05) is 25.0 Å². The van der Waals surface area contributed by atoms with Crippen molar-refractivity contribution in [1.82, 2.24) is 26.3 Å². The highest BCUT2D eigenvalue weighted by Gasteiger charge is 2.28. The molecule has 0 radical (unpaired) electrons. The summed E-state index contributed by atoms with van der Waals surface area (Å²) >= 11 is 0. The van der Waals surface area contributed by atoms with Crippen LogP contribution in [0.2, 0.25) is 0 Å². The third-order valence-corrected chi connectivity index (χ3v) is 8.93. The molecular formula is C39H51N11O6. The van der Waals surface area contributed by atoms with Crippen molar-refractivity contribution >= 4 is 68.7 Å². The minimum absolute atomic E-state index is 0.0687. The van der Waals surface area contributed by atoms with E-state index in [0.29, 0.717) is 41.5 Å². The van der Waals surface area contributed by atoms with Crippen LogP contribution < -0.4 is 49.5 Å². The number of aromatic nitrogens is 1. The monoisotopic (exact) mass is 769 g/mol. The zero-order valence-electron chi connectivity index (χ0n) is 31.5. The standard InChI is InChI=1S/C39H51N11O6/c1-22(2)32(50-37(55)30(21-51)47-31(52)13-6-18-40)38(56)45-20-23-14-16-24(17-15-23)46-33-25-8-3-4-11-28(25)48-34-26(33)9-5-10-27(34)36(54)49-29(35(41)53)12-7-19-44-39(42)43/h3-5,8-11,14-17,22,29-30,32,51H,6-7,12-13,18-21,40H2,1-2H3,(H2,41,53)(H,45,56)(H,46,48)(H,47,52)(H,49,54)(H,50,55)(H4,42,43,44)/t29-,30-,32-/m0/s1. The first-order chi connectivity index (χ1) is 26.8. The fourth-order valence-electron chi connectivity index (χ4n) is 5.92. The van der Waals surface area contributed by atoms with Gasteiger partial charge in [-0.15, -0.1) is 0 Å². The first-order valence-corrected chi connectivity index (χ1v) is 18.3. The van der Waals surface area contributed by atoms with Gasteiger partial charge >= 0.3 is 0 Å². The number of pyridine rings is 1. The lowest BCUT2D eigenvalue weighted by Crippen LogP contribution is -2.56. The van der Waals surface area contributed by atoms with Gasteiger partial charge in [-0.05, 0) is 61.6 Å². The van der Waals surface area contributed by atoms with Crippen molar-refractivity contribution in [2.45, 2.75) is 64.2 Å². The minimum atomic E-state index is -1.21. The third-order valence-electron chi connectivity index (χ3n) is 8.93. The molecule has 0 bridgehead atoms. The van der Waals surface area contributed by atoms with E-state index in [1.54, 1.807) is 26.0 Å². The minimum Gasteiger partial charge on any atom is -0.394 e. The number of aliphatic hydroxyl groups excluding tert-OH is 1. The zero-order valence-corrected chi connectivity index (χ0v) is 31.5. The second-order valence-corrected chi connectivity index (χ2v) is 13.5. The van der Waals surface area contributed by atoms with Crippen LogP contribution in [0.15, 0.2) is 71.7 Å². The Balaban J connectivity index is 1.48. The maximum absolute atomic E-state index is 13.6. The lowest BCUT2D eigenvalue weighted by Gasteiger charge is -2.24. The van der Waals surface area contributed by atoms with Crippen molar-refractivity contribution < 1.29 is 29.1 Å². The fraction of sp³-hybridized carbons (Fsp3) is 0.359. The molecule has 0 aliphatic heterocycles. The second-order valence-electron chi connectivity index (χ2n) is 13.5. The van der Waals surface area contributed by atoms with E-state index in [1.165, 1.54) is 0 Å². The predicted molar refractivity (Wildman–Crippen MR) is 215 cm³/mol. The van der Waals surface area contributed by atoms with Crippen LogP contribution in [0, 0.1) is 5.92 Å². The summed E-state index contributed by atoms with van der Waals surface area (Å²) in [6, 6.07) is 17.0. The van der Waals surface area contributed by atoms with E-state index < -0.39 is 54.3 Å². The summed E-state index contributed by atoms with van der Waals surface area (Å²) in [5, 5.41) is 25.4. The molecule has 0 aliphatic carbocycles. The number of aliphatic hydroxyl groups is 1. The van der Waals surface area contributed by atoms with Crippen molar-refractivity contribution in [1.29, 1.82) is 0 Å². The molecule has 0 aliphatic rings. The van der Waals surface area contributed by atoms with Crippen LogP contribution in [0.1, 0.15) is 55.5 Å². The summed E-state index contributed by atoms with van der Waals surface area (Å²) in [5.41, 5.74) is 25.3. The molecule has 0 unspecified atom stereocenters. The predicted octanol–water partition coefficient (Wildman–Crippen LogP) is 0.742. The number of fused-ring (bicyclic) bond motifs is 2. The summed E-state index contributed by atoms with van der Waals surface area (Å²) in [4.78, 5) is 72.7. The zero-order chi connectivity index (χ0) is 40.8. The Morgan fingerprint density at radius 2 is 1.54 bits per heavy atom. The molecule has 0 fully saturated rings. The van der Waals surface area contributed by atoms with Crippen LogP contribution in [0.4, 0.5) is 11.4 Å². The molecule has 4 rings (SSSR count). The van der Waals surface area contributed by atoms with Gasteiger partial charge < -0.3 is 54.6 Å². The second kappa shape index (κ2) is 20.4. The molecule has 1 aromatic heterocycles. The topological polar surface area (TPSA) is 295 Å². The smallest absolute Gasteiger partial charge is 0.254 e. The average Bonchev–Trinajstić information content (AvgIpc) is 3.18. The van der Waals surface area contributed by atoms with Crippen LogP contribution in [-0.2, 0) is 25.7 Å². The maximum Gasteiger partial charge on any atom is 0.254 e. The SMILES string of the molecule is CC(C)[C@H](NC(=O)[C@H](CO)NC(=O)CCCN)C(=O)NCc1ccc(Nc2c3ccccc3nc3c(C(=O)N[C@@H](CCCN=C(N)N)C(N)=O)cccc23)cc1. The van der Waals surface area contributed by atoms with E-state index in [-0.39, 0.29) is 43.4 Å². The molecule has 14 N–H and O–H groups in total. The Kier molecular flexibility index (Phi) is 15.4. The van der Waals surface area contributed by atoms with Gasteiger partial charge in [-0.25, -0.2) is 4.98 Å². The summed E-state index contributed by atoms with van der Waals surface area (Å²) in [7, 11) is 0. The molecule has 17 nitrogen and oxygen atoms in total. The van der Waals surface area contributed by atoms with Gasteiger partial charge in [0.1, 0.15) is 18.1 Å².